The number of ether oxygens (including phenoxy) is 2. The number of hydrazone groups is 1. The summed E-state index contributed by atoms with van der Waals surface area (Å²) in [4.78, 5) is 23.9. The number of esters is 1. The van der Waals surface area contributed by atoms with Crippen molar-refractivity contribution in [3.8, 4) is 11.5 Å². The van der Waals surface area contributed by atoms with Gasteiger partial charge < -0.3 is 9.47 Å². The van der Waals surface area contributed by atoms with Crippen LogP contribution in [0.5, 0.6) is 11.5 Å². The molecule has 0 saturated carbocycles. The van der Waals surface area contributed by atoms with Crippen molar-refractivity contribution in [2.45, 2.75) is 6.92 Å². The van der Waals surface area contributed by atoms with E-state index in [4.69, 9.17) is 21.1 Å². The Balaban J connectivity index is 1.47. The van der Waals surface area contributed by atoms with Gasteiger partial charge in [0.2, 0.25) is 0 Å². The van der Waals surface area contributed by atoms with Crippen LogP contribution in [-0.2, 0) is 4.79 Å². The lowest BCUT2D eigenvalue weighted by molar-refractivity contribution is -0.123. The molecule has 152 valence electrons. The number of nitrogens with one attached hydrogen (secondary N) is 1. The molecule has 3 aromatic carbocycles. The molecule has 0 atom stereocenters. The molecule has 3 rings (SSSR count). The standard InChI is InChI=1S/C23H19ClN2O4/c1-16-4-2-3-5-21(16)29-15-22(27)26-25-14-17-6-12-20(13-7-17)30-23(28)18-8-10-19(24)11-9-18/h2-14H,15H2,1H3,(H,26,27). The topological polar surface area (TPSA) is 77.0 Å². The van der Waals surface area contributed by atoms with E-state index in [2.05, 4.69) is 10.5 Å². The van der Waals surface area contributed by atoms with E-state index < -0.39 is 5.97 Å². The maximum atomic E-state index is 12.1. The highest BCUT2D eigenvalue weighted by atomic mass is 35.5. The number of aryl methyl sites for hydroxylation is 1. The van der Waals surface area contributed by atoms with Gasteiger partial charge in [-0.2, -0.15) is 5.10 Å². The highest BCUT2D eigenvalue weighted by Gasteiger charge is 2.08. The SMILES string of the molecule is Cc1ccccc1OCC(=O)NN=Cc1ccc(OC(=O)c2ccc(Cl)cc2)cc1. The lowest BCUT2D eigenvalue weighted by Gasteiger charge is -2.07. The first-order valence-electron chi connectivity index (χ1n) is 9.09. The molecule has 0 aliphatic heterocycles. The summed E-state index contributed by atoms with van der Waals surface area (Å²) in [7, 11) is 0. The zero-order valence-electron chi connectivity index (χ0n) is 16.2. The van der Waals surface area contributed by atoms with Crippen molar-refractivity contribution in [3.63, 3.8) is 0 Å². The van der Waals surface area contributed by atoms with E-state index in [0.29, 0.717) is 22.1 Å². The molecule has 0 aliphatic rings. The van der Waals surface area contributed by atoms with Crippen LogP contribution in [0.4, 0.5) is 0 Å². The van der Waals surface area contributed by atoms with Crippen LogP contribution in [-0.4, -0.2) is 24.7 Å². The van der Waals surface area contributed by atoms with E-state index in [-0.39, 0.29) is 12.5 Å². The van der Waals surface area contributed by atoms with Crippen molar-refractivity contribution in [2.24, 2.45) is 5.10 Å². The molecule has 0 fully saturated rings. The second-order valence-corrected chi connectivity index (χ2v) is 6.75. The van der Waals surface area contributed by atoms with Crippen LogP contribution >= 0.6 is 11.6 Å². The summed E-state index contributed by atoms with van der Waals surface area (Å²) in [6, 6.07) is 20.6. The van der Waals surface area contributed by atoms with E-state index >= 15 is 0 Å². The molecule has 1 amide bonds. The van der Waals surface area contributed by atoms with Gasteiger partial charge in [0, 0.05) is 5.02 Å². The van der Waals surface area contributed by atoms with E-state index in [9.17, 15) is 9.59 Å². The highest BCUT2D eigenvalue weighted by Crippen LogP contribution is 2.16. The van der Waals surface area contributed by atoms with Gasteiger partial charge in [0.15, 0.2) is 6.61 Å². The number of carbonyl (C=O) groups is 2. The quantitative estimate of drug-likeness (QED) is 0.265. The summed E-state index contributed by atoms with van der Waals surface area (Å²) in [6.45, 7) is 1.77. The van der Waals surface area contributed by atoms with Gasteiger partial charge in [0.25, 0.3) is 5.91 Å². The lowest BCUT2D eigenvalue weighted by atomic mass is 10.2. The molecule has 0 saturated heterocycles. The number of benzene rings is 3. The van der Waals surface area contributed by atoms with Crippen LogP contribution < -0.4 is 14.9 Å². The summed E-state index contributed by atoms with van der Waals surface area (Å²) >= 11 is 5.81. The van der Waals surface area contributed by atoms with Gasteiger partial charge >= 0.3 is 5.97 Å². The lowest BCUT2D eigenvalue weighted by Crippen LogP contribution is -2.24. The molecular formula is C23H19ClN2O4. The Bertz CT molecular complexity index is 1050. The number of halogens is 1. The van der Waals surface area contributed by atoms with Crippen LogP contribution in [0.15, 0.2) is 77.9 Å². The first-order chi connectivity index (χ1) is 14.5. The van der Waals surface area contributed by atoms with Gasteiger partial charge in [-0.15, -0.1) is 0 Å². The van der Waals surface area contributed by atoms with Crippen LogP contribution in [0.1, 0.15) is 21.5 Å². The third-order valence-electron chi connectivity index (χ3n) is 4.03. The minimum atomic E-state index is -0.478. The Morgan fingerprint density at radius 1 is 1.00 bits per heavy atom. The van der Waals surface area contributed by atoms with E-state index in [1.807, 2.05) is 25.1 Å². The van der Waals surface area contributed by atoms with Gasteiger partial charge in [0.05, 0.1) is 11.8 Å². The highest BCUT2D eigenvalue weighted by molar-refractivity contribution is 6.30. The molecule has 0 radical (unpaired) electrons. The van der Waals surface area contributed by atoms with Crippen LogP contribution in [0.2, 0.25) is 5.02 Å². The summed E-state index contributed by atoms with van der Waals surface area (Å²) in [5, 5.41) is 4.44. The average Bonchev–Trinajstić information content (AvgIpc) is 2.75. The maximum absolute atomic E-state index is 12.1. The van der Waals surface area contributed by atoms with Crippen molar-refractivity contribution in [1.29, 1.82) is 0 Å². The predicted octanol–water partition coefficient (Wildman–Crippen LogP) is 4.40. The third kappa shape index (κ3) is 6.18. The molecule has 30 heavy (non-hydrogen) atoms. The molecule has 0 unspecified atom stereocenters. The van der Waals surface area contributed by atoms with Crippen LogP contribution in [0.25, 0.3) is 0 Å². The summed E-state index contributed by atoms with van der Waals surface area (Å²) in [5.74, 6) is 0.195. The van der Waals surface area contributed by atoms with E-state index in [0.717, 1.165) is 11.1 Å². The Morgan fingerprint density at radius 2 is 1.70 bits per heavy atom. The number of para-hydroxylation sites is 1. The number of rotatable bonds is 7. The number of amides is 1. The Kier molecular flexibility index (Phi) is 7.19. The minimum Gasteiger partial charge on any atom is -0.483 e. The molecule has 0 aliphatic carbocycles. The van der Waals surface area contributed by atoms with Crippen molar-refractivity contribution in [1.82, 2.24) is 5.43 Å². The average molecular weight is 423 g/mol. The van der Waals surface area contributed by atoms with Gasteiger partial charge in [-0.05, 0) is 72.6 Å². The monoisotopic (exact) mass is 422 g/mol. The van der Waals surface area contributed by atoms with Crippen molar-refractivity contribution in [2.75, 3.05) is 6.61 Å². The van der Waals surface area contributed by atoms with E-state index in [1.165, 1.54) is 6.21 Å². The molecule has 7 heteroatoms. The first kappa shape index (κ1) is 21.1. The van der Waals surface area contributed by atoms with Crippen LogP contribution in [0.3, 0.4) is 0 Å². The van der Waals surface area contributed by atoms with Crippen LogP contribution in [0, 0.1) is 6.92 Å². The predicted molar refractivity (Wildman–Crippen MR) is 115 cm³/mol. The normalized spacial score (nSPS) is 10.6. The zero-order chi connectivity index (χ0) is 21.3. The molecule has 1 N–H and O–H groups in total. The number of hydrogen-bond donors (Lipinski definition) is 1. The number of nitrogens with zero attached hydrogens (tertiary/aromatic N) is 1. The van der Waals surface area contributed by atoms with Gasteiger partial charge in [0.1, 0.15) is 11.5 Å². The minimum absolute atomic E-state index is 0.137. The fourth-order valence-corrected chi connectivity index (χ4v) is 2.57. The van der Waals surface area contributed by atoms with Gasteiger partial charge in [-0.3, -0.25) is 4.79 Å². The fourth-order valence-electron chi connectivity index (χ4n) is 2.45. The van der Waals surface area contributed by atoms with Crippen molar-refractivity contribution >= 4 is 29.7 Å². The number of hydrogen-bond acceptors (Lipinski definition) is 5. The molecule has 0 bridgehead atoms. The second-order valence-electron chi connectivity index (χ2n) is 6.31. The largest absolute Gasteiger partial charge is 0.483 e. The molecule has 6 nitrogen and oxygen atoms in total. The summed E-state index contributed by atoms with van der Waals surface area (Å²) in [5.41, 5.74) is 4.48. The van der Waals surface area contributed by atoms with E-state index in [1.54, 1.807) is 54.6 Å². The smallest absolute Gasteiger partial charge is 0.343 e. The molecule has 0 aromatic heterocycles. The molecule has 0 heterocycles. The molecule has 3 aromatic rings. The maximum Gasteiger partial charge on any atom is 0.343 e. The Morgan fingerprint density at radius 3 is 2.40 bits per heavy atom. The summed E-state index contributed by atoms with van der Waals surface area (Å²) in [6.07, 6.45) is 1.48. The summed E-state index contributed by atoms with van der Waals surface area (Å²) < 4.78 is 10.8. The van der Waals surface area contributed by atoms with Gasteiger partial charge in [-0.1, -0.05) is 29.8 Å². The number of carbonyl (C=O) groups excluding carboxylic acids is 2. The second kappa shape index (κ2) is 10.2. The molecule has 0 spiro atoms. The Hall–Kier alpha value is -3.64. The molecular weight excluding hydrogens is 404 g/mol. The van der Waals surface area contributed by atoms with Gasteiger partial charge in [-0.25, -0.2) is 10.2 Å². The fraction of sp³-hybridized carbons (Fsp3) is 0.0870. The van der Waals surface area contributed by atoms with Crippen molar-refractivity contribution in [3.05, 3.63) is 94.5 Å². The Labute approximate surface area is 179 Å². The third-order valence-corrected chi connectivity index (χ3v) is 4.28. The van der Waals surface area contributed by atoms with Crippen molar-refractivity contribution < 1.29 is 19.1 Å². The first-order valence-corrected chi connectivity index (χ1v) is 9.47. The zero-order valence-corrected chi connectivity index (χ0v) is 16.9.